The highest BCUT2D eigenvalue weighted by molar-refractivity contribution is 6.36. The summed E-state index contributed by atoms with van der Waals surface area (Å²) in [6, 6.07) is 3.60. The van der Waals surface area contributed by atoms with Crippen molar-refractivity contribution in [3.8, 4) is 0 Å². The van der Waals surface area contributed by atoms with Crippen LogP contribution in [0.4, 0.5) is 10.5 Å². The number of rotatable bonds is 3. The van der Waals surface area contributed by atoms with Gasteiger partial charge in [0.1, 0.15) is 5.70 Å². The highest BCUT2D eigenvalue weighted by atomic mass is 35.5. The zero-order valence-corrected chi connectivity index (χ0v) is 12.4. The van der Waals surface area contributed by atoms with Crippen molar-refractivity contribution < 1.29 is 19.1 Å². The lowest BCUT2D eigenvalue weighted by atomic mass is 10.3. The molecule has 0 radical (unpaired) electrons. The second-order valence-electron chi connectivity index (χ2n) is 4.01. The van der Waals surface area contributed by atoms with E-state index in [-0.39, 0.29) is 28.0 Å². The zero-order valence-electron chi connectivity index (χ0n) is 10.9. The molecule has 0 spiro atoms. The predicted octanol–water partition coefficient (Wildman–Crippen LogP) is 2.50. The number of halogens is 2. The number of urea groups is 1. The Kier molecular flexibility index (Phi) is 4.50. The average molecular weight is 329 g/mol. The number of nitrogens with zero attached hydrogens (tertiary/aromatic N) is 1. The Balaban J connectivity index is 2.32. The molecule has 110 valence electrons. The monoisotopic (exact) mass is 328 g/mol. The van der Waals surface area contributed by atoms with E-state index >= 15 is 0 Å². The number of esters is 1. The number of amides is 3. The van der Waals surface area contributed by atoms with Crippen LogP contribution < -0.4 is 10.2 Å². The SMILES string of the molecule is CCOC(=O)/C=C1/NC(=O)N(c2cc(Cl)cc(Cl)c2)C1=O. The normalized spacial score (nSPS) is 16.3. The second-order valence-corrected chi connectivity index (χ2v) is 4.88. The molecule has 0 saturated carbocycles. The van der Waals surface area contributed by atoms with Crippen molar-refractivity contribution in [1.29, 1.82) is 0 Å². The maximum Gasteiger partial charge on any atom is 0.333 e. The molecule has 1 heterocycles. The van der Waals surface area contributed by atoms with Crippen molar-refractivity contribution in [2.24, 2.45) is 0 Å². The predicted molar refractivity (Wildman–Crippen MR) is 77.2 cm³/mol. The third-order valence-corrected chi connectivity index (χ3v) is 2.97. The standard InChI is InChI=1S/C13H10Cl2N2O4/c1-2-21-11(18)6-10-12(19)17(13(20)16-10)9-4-7(14)3-8(15)5-9/h3-6H,2H2,1H3,(H,16,20)/b10-6+. The van der Waals surface area contributed by atoms with Gasteiger partial charge in [0, 0.05) is 10.0 Å². The first-order valence-corrected chi connectivity index (χ1v) is 6.68. The summed E-state index contributed by atoms with van der Waals surface area (Å²) in [6.45, 7) is 1.80. The molecule has 1 aliphatic heterocycles. The van der Waals surface area contributed by atoms with Gasteiger partial charge in [0.15, 0.2) is 0 Å². The van der Waals surface area contributed by atoms with Gasteiger partial charge in [-0.05, 0) is 25.1 Å². The number of carbonyl (C=O) groups excluding carboxylic acids is 3. The van der Waals surface area contributed by atoms with Gasteiger partial charge in [-0.25, -0.2) is 14.5 Å². The minimum Gasteiger partial charge on any atom is -0.463 e. The van der Waals surface area contributed by atoms with Crippen molar-refractivity contribution in [2.75, 3.05) is 11.5 Å². The number of benzene rings is 1. The quantitative estimate of drug-likeness (QED) is 0.525. The first-order valence-electron chi connectivity index (χ1n) is 5.92. The molecule has 1 fully saturated rings. The van der Waals surface area contributed by atoms with Crippen molar-refractivity contribution in [1.82, 2.24) is 5.32 Å². The van der Waals surface area contributed by atoms with E-state index in [9.17, 15) is 14.4 Å². The molecule has 2 rings (SSSR count). The molecular formula is C13H10Cl2N2O4. The molecular weight excluding hydrogens is 319 g/mol. The van der Waals surface area contributed by atoms with Gasteiger partial charge in [-0.1, -0.05) is 23.2 Å². The van der Waals surface area contributed by atoms with Crippen LogP contribution in [0, 0.1) is 0 Å². The van der Waals surface area contributed by atoms with Gasteiger partial charge >= 0.3 is 12.0 Å². The van der Waals surface area contributed by atoms with Crippen LogP contribution in [0.15, 0.2) is 30.0 Å². The van der Waals surface area contributed by atoms with E-state index in [1.807, 2.05) is 0 Å². The van der Waals surface area contributed by atoms with Crippen LogP contribution in [-0.4, -0.2) is 24.5 Å². The fraction of sp³-hybridized carbons (Fsp3) is 0.154. The molecule has 1 N–H and O–H groups in total. The van der Waals surface area contributed by atoms with E-state index in [2.05, 4.69) is 10.1 Å². The molecule has 1 aliphatic rings. The minimum atomic E-state index is -0.716. The highest BCUT2D eigenvalue weighted by Crippen LogP contribution is 2.28. The fourth-order valence-corrected chi connectivity index (χ4v) is 2.25. The fourth-order valence-electron chi connectivity index (χ4n) is 1.74. The van der Waals surface area contributed by atoms with Crippen LogP contribution in [0.5, 0.6) is 0 Å². The molecule has 1 aromatic carbocycles. The zero-order chi connectivity index (χ0) is 15.6. The third kappa shape index (κ3) is 3.34. The summed E-state index contributed by atoms with van der Waals surface area (Å²) >= 11 is 11.7. The molecule has 8 heteroatoms. The Labute approximate surface area is 130 Å². The lowest BCUT2D eigenvalue weighted by Gasteiger charge is -2.12. The van der Waals surface area contributed by atoms with Crippen LogP contribution in [0.25, 0.3) is 0 Å². The maximum absolute atomic E-state index is 12.2. The van der Waals surface area contributed by atoms with Crippen molar-refractivity contribution in [3.63, 3.8) is 0 Å². The molecule has 0 aromatic heterocycles. The van der Waals surface area contributed by atoms with E-state index < -0.39 is 17.9 Å². The summed E-state index contributed by atoms with van der Waals surface area (Å²) in [6.07, 6.45) is 0.926. The van der Waals surface area contributed by atoms with Crippen LogP contribution >= 0.6 is 23.2 Å². The molecule has 0 unspecified atom stereocenters. The van der Waals surface area contributed by atoms with Gasteiger partial charge in [-0.3, -0.25) is 4.79 Å². The molecule has 0 bridgehead atoms. The summed E-state index contributed by atoms with van der Waals surface area (Å²) in [5.74, 6) is -1.40. The highest BCUT2D eigenvalue weighted by Gasteiger charge is 2.35. The van der Waals surface area contributed by atoms with Crippen LogP contribution in [-0.2, 0) is 14.3 Å². The van der Waals surface area contributed by atoms with E-state index in [0.717, 1.165) is 11.0 Å². The van der Waals surface area contributed by atoms with Gasteiger partial charge < -0.3 is 10.1 Å². The van der Waals surface area contributed by atoms with E-state index in [1.54, 1.807) is 6.92 Å². The van der Waals surface area contributed by atoms with Crippen LogP contribution in [0.2, 0.25) is 10.0 Å². The number of carbonyl (C=O) groups is 3. The number of ether oxygens (including phenoxy) is 1. The first-order chi connectivity index (χ1) is 9.92. The second kappa shape index (κ2) is 6.15. The molecule has 3 amide bonds. The Bertz CT molecular complexity index is 637. The van der Waals surface area contributed by atoms with Crippen LogP contribution in [0.3, 0.4) is 0 Å². The largest absolute Gasteiger partial charge is 0.463 e. The molecule has 1 saturated heterocycles. The van der Waals surface area contributed by atoms with Crippen molar-refractivity contribution in [2.45, 2.75) is 6.92 Å². The van der Waals surface area contributed by atoms with Gasteiger partial charge in [-0.2, -0.15) is 0 Å². The molecule has 0 aliphatic carbocycles. The van der Waals surface area contributed by atoms with E-state index in [0.29, 0.717) is 0 Å². The lowest BCUT2D eigenvalue weighted by molar-refractivity contribution is -0.137. The number of nitrogens with one attached hydrogen (secondary N) is 1. The Morgan fingerprint density at radius 1 is 1.29 bits per heavy atom. The van der Waals surface area contributed by atoms with Crippen molar-refractivity contribution in [3.05, 3.63) is 40.0 Å². The van der Waals surface area contributed by atoms with Crippen molar-refractivity contribution >= 4 is 46.8 Å². The van der Waals surface area contributed by atoms with Gasteiger partial charge in [-0.15, -0.1) is 0 Å². The summed E-state index contributed by atoms with van der Waals surface area (Å²) < 4.78 is 4.69. The Morgan fingerprint density at radius 2 is 1.90 bits per heavy atom. The summed E-state index contributed by atoms with van der Waals surface area (Å²) in [5.41, 5.74) is 0.0387. The number of hydrogen-bond acceptors (Lipinski definition) is 4. The van der Waals surface area contributed by atoms with Gasteiger partial charge in [0.05, 0.1) is 18.4 Å². The molecule has 6 nitrogen and oxygen atoms in total. The molecule has 1 aromatic rings. The maximum atomic E-state index is 12.2. The summed E-state index contributed by atoms with van der Waals surface area (Å²) in [7, 11) is 0. The molecule has 0 atom stereocenters. The summed E-state index contributed by atoms with van der Waals surface area (Å²) in [4.78, 5) is 36.2. The smallest absolute Gasteiger partial charge is 0.333 e. The van der Waals surface area contributed by atoms with E-state index in [4.69, 9.17) is 23.2 Å². The van der Waals surface area contributed by atoms with Crippen LogP contribution in [0.1, 0.15) is 6.92 Å². The lowest BCUT2D eigenvalue weighted by Crippen LogP contribution is -2.30. The Hall–Kier alpha value is -2.05. The Morgan fingerprint density at radius 3 is 2.48 bits per heavy atom. The average Bonchev–Trinajstić information content (AvgIpc) is 2.63. The minimum absolute atomic E-state index is 0.165. The van der Waals surface area contributed by atoms with Gasteiger partial charge in [0.2, 0.25) is 0 Å². The number of hydrogen-bond donors (Lipinski definition) is 1. The number of anilines is 1. The number of imide groups is 1. The third-order valence-electron chi connectivity index (χ3n) is 2.53. The van der Waals surface area contributed by atoms with Gasteiger partial charge in [0.25, 0.3) is 5.91 Å². The topological polar surface area (TPSA) is 75.7 Å². The van der Waals surface area contributed by atoms with E-state index in [1.165, 1.54) is 18.2 Å². The summed E-state index contributed by atoms with van der Waals surface area (Å²) in [5, 5.41) is 2.85. The first kappa shape index (κ1) is 15.3. The molecule has 21 heavy (non-hydrogen) atoms.